The van der Waals surface area contributed by atoms with Crippen LogP contribution in [0.4, 0.5) is 0 Å². The number of hydrogen-bond acceptors (Lipinski definition) is 8. The fourth-order valence-corrected chi connectivity index (χ4v) is 3.44. The predicted octanol–water partition coefficient (Wildman–Crippen LogP) is 2.24. The first-order valence-electron chi connectivity index (χ1n) is 8.30. The van der Waals surface area contributed by atoms with Gasteiger partial charge in [0.2, 0.25) is 5.88 Å². The molecule has 0 radical (unpaired) electrons. The highest BCUT2D eigenvalue weighted by atomic mass is 16.5. The summed E-state index contributed by atoms with van der Waals surface area (Å²) in [5, 5.41) is 0. The molecule has 0 bridgehead atoms. The maximum absolute atomic E-state index is 6.03. The molecule has 3 aromatic rings. The Morgan fingerprint density at radius 3 is 2.67 bits per heavy atom. The van der Waals surface area contributed by atoms with Gasteiger partial charge in [-0.1, -0.05) is 0 Å². The molecule has 2 N–H and O–H groups in total. The average Bonchev–Trinajstić information content (AvgIpc) is 3.11. The maximum Gasteiger partial charge on any atom is 0.283 e. The number of methoxy groups -OCH3 is 1. The Morgan fingerprint density at radius 2 is 1.93 bits per heavy atom. The third-order valence-electron chi connectivity index (χ3n) is 4.76. The number of pyridine rings is 1. The first-order valence-corrected chi connectivity index (χ1v) is 8.30. The average molecular weight is 361 g/mol. The minimum atomic E-state index is -0.847. The van der Waals surface area contributed by atoms with Crippen LogP contribution in [0.25, 0.3) is 11.1 Å². The molecule has 2 aliphatic heterocycles. The van der Waals surface area contributed by atoms with Crippen LogP contribution in [0.15, 0.2) is 54.2 Å². The van der Waals surface area contributed by atoms with Crippen molar-refractivity contribution in [2.24, 2.45) is 10.7 Å². The summed E-state index contributed by atoms with van der Waals surface area (Å²) in [5.41, 5.74) is 8.32. The number of benzene rings is 1. The molecular formula is C19H15N5O3. The Kier molecular flexibility index (Phi) is 3.27. The molecule has 27 heavy (non-hydrogen) atoms. The van der Waals surface area contributed by atoms with Gasteiger partial charge in [0.1, 0.15) is 24.4 Å². The van der Waals surface area contributed by atoms with Crippen LogP contribution in [0.5, 0.6) is 17.4 Å². The van der Waals surface area contributed by atoms with Crippen molar-refractivity contribution in [1.82, 2.24) is 15.0 Å². The van der Waals surface area contributed by atoms with E-state index in [4.69, 9.17) is 19.9 Å². The van der Waals surface area contributed by atoms with Crippen molar-refractivity contribution in [2.75, 3.05) is 13.7 Å². The van der Waals surface area contributed by atoms with E-state index in [1.165, 1.54) is 6.33 Å². The maximum atomic E-state index is 6.03. The predicted molar refractivity (Wildman–Crippen MR) is 96.7 cm³/mol. The van der Waals surface area contributed by atoms with Gasteiger partial charge in [0, 0.05) is 35.3 Å². The summed E-state index contributed by atoms with van der Waals surface area (Å²) in [6, 6.07) is 7.65. The van der Waals surface area contributed by atoms with Gasteiger partial charge < -0.3 is 19.9 Å². The Balaban J connectivity index is 1.74. The smallest absolute Gasteiger partial charge is 0.283 e. The molecule has 1 atom stereocenters. The summed E-state index contributed by atoms with van der Waals surface area (Å²) < 4.78 is 17.0. The van der Waals surface area contributed by atoms with Gasteiger partial charge >= 0.3 is 0 Å². The molecule has 5 rings (SSSR count). The summed E-state index contributed by atoms with van der Waals surface area (Å²) in [4.78, 5) is 17.3. The van der Waals surface area contributed by atoms with Gasteiger partial charge in [0.15, 0.2) is 5.54 Å². The van der Waals surface area contributed by atoms with Gasteiger partial charge in [-0.25, -0.2) is 19.9 Å². The number of ether oxygens (including phenoxy) is 3. The lowest BCUT2D eigenvalue weighted by atomic mass is 9.82. The van der Waals surface area contributed by atoms with Crippen LogP contribution in [0.1, 0.15) is 11.1 Å². The van der Waals surface area contributed by atoms with Crippen LogP contribution in [0.3, 0.4) is 0 Å². The molecular weight excluding hydrogens is 346 g/mol. The largest absolute Gasteiger partial charge is 0.497 e. The van der Waals surface area contributed by atoms with Crippen LogP contribution >= 0.6 is 0 Å². The van der Waals surface area contributed by atoms with Gasteiger partial charge in [-0.3, -0.25) is 0 Å². The van der Waals surface area contributed by atoms with E-state index in [-0.39, 0.29) is 12.6 Å². The van der Waals surface area contributed by atoms with E-state index in [0.717, 1.165) is 22.3 Å². The van der Waals surface area contributed by atoms with Gasteiger partial charge in [0.05, 0.1) is 12.7 Å². The Bertz CT molecular complexity index is 1070. The van der Waals surface area contributed by atoms with E-state index in [0.29, 0.717) is 17.4 Å². The second kappa shape index (κ2) is 5.66. The lowest BCUT2D eigenvalue weighted by molar-refractivity contribution is 0.262. The van der Waals surface area contributed by atoms with Crippen LogP contribution < -0.4 is 15.2 Å². The summed E-state index contributed by atoms with van der Waals surface area (Å²) in [6.07, 6.45) is 6.67. The molecule has 2 aliphatic rings. The van der Waals surface area contributed by atoms with Crippen molar-refractivity contribution >= 4 is 6.02 Å². The van der Waals surface area contributed by atoms with Crippen molar-refractivity contribution in [3.63, 3.8) is 0 Å². The molecule has 0 saturated carbocycles. The van der Waals surface area contributed by atoms with Gasteiger partial charge in [-0.2, -0.15) is 0 Å². The lowest BCUT2D eigenvalue weighted by Gasteiger charge is -2.33. The zero-order valence-electron chi connectivity index (χ0n) is 14.4. The third kappa shape index (κ3) is 2.30. The SMILES string of the molecule is COc1ccc2c(c1)[C@@]1(COC(N)=N1)c1cc(-c3cncnc3)cnc1O2. The number of fused-ring (bicyclic) bond motifs is 4. The minimum absolute atomic E-state index is 0.130. The van der Waals surface area contributed by atoms with Crippen molar-refractivity contribution in [2.45, 2.75) is 5.54 Å². The molecule has 134 valence electrons. The van der Waals surface area contributed by atoms with Crippen molar-refractivity contribution in [3.05, 3.63) is 60.3 Å². The second-order valence-electron chi connectivity index (χ2n) is 6.27. The van der Waals surface area contributed by atoms with Gasteiger partial charge in [-0.05, 0) is 24.3 Å². The standard InChI is InChI=1S/C19H15N5O3/c1-25-13-2-3-16-14(5-13)19(9-26-18(20)24-19)15-4-11(8-23-17(15)27-16)12-6-21-10-22-7-12/h2-8,10H,9H2,1H3,(H2,20,24)/t19-/m0/s1. The summed E-state index contributed by atoms with van der Waals surface area (Å²) >= 11 is 0. The van der Waals surface area contributed by atoms with Crippen molar-refractivity contribution < 1.29 is 14.2 Å². The lowest BCUT2D eigenvalue weighted by Crippen LogP contribution is -2.31. The van der Waals surface area contributed by atoms with Gasteiger partial charge in [-0.15, -0.1) is 0 Å². The molecule has 1 aromatic carbocycles. The van der Waals surface area contributed by atoms with E-state index < -0.39 is 5.54 Å². The van der Waals surface area contributed by atoms with E-state index in [9.17, 15) is 0 Å². The number of hydrogen-bond donors (Lipinski definition) is 1. The zero-order valence-corrected chi connectivity index (χ0v) is 14.4. The molecule has 0 saturated heterocycles. The highest BCUT2D eigenvalue weighted by molar-refractivity contribution is 5.77. The zero-order chi connectivity index (χ0) is 18.4. The fraction of sp³-hybridized carbons (Fsp3) is 0.158. The molecule has 0 aliphatic carbocycles. The molecule has 0 unspecified atom stereocenters. The van der Waals surface area contributed by atoms with E-state index in [1.54, 1.807) is 25.7 Å². The highest BCUT2D eigenvalue weighted by Crippen LogP contribution is 2.51. The quantitative estimate of drug-likeness (QED) is 0.746. The summed E-state index contributed by atoms with van der Waals surface area (Å²) in [7, 11) is 1.61. The second-order valence-corrected chi connectivity index (χ2v) is 6.27. The van der Waals surface area contributed by atoms with Crippen LogP contribution in [-0.2, 0) is 10.3 Å². The molecule has 0 fully saturated rings. The number of aliphatic imine (C=N–C) groups is 1. The van der Waals surface area contributed by atoms with Crippen LogP contribution in [-0.4, -0.2) is 34.7 Å². The molecule has 8 heteroatoms. The number of rotatable bonds is 2. The highest BCUT2D eigenvalue weighted by Gasteiger charge is 2.48. The number of nitrogens with zero attached hydrogens (tertiary/aromatic N) is 4. The molecule has 4 heterocycles. The summed E-state index contributed by atoms with van der Waals surface area (Å²) in [5.74, 6) is 1.81. The van der Waals surface area contributed by atoms with Crippen LogP contribution in [0.2, 0.25) is 0 Å². The van der Waals surface area contributed by atoms with E-state index in [1.807, 2.05) is 24.3 Å². The fourth-order valence-electron chi connectivity index (χ4n) is 3.44. The first-order chi connectivity index (χ1) is 13.2. The molecule has 1 spiro atoms. The Morgan fingerprint density at radius 1 is 1.07 bits per heavy atom. The van der Waals surface area contributed by atoms with Gasteiger partial charge in [0.25, 0.3) is 6.02 Å². The molecule has 8 nitrogen and oxygen atoms in total. The minimum Gasteiger partial charge on any atom is -0.497 e. The van der Waals surface area contributed by atoms with Crippen molar-refractivity contribution in [1.29, 1.82) is 0 Å². The van der Waals surface area contributed by atoms with E-state index >= 15 is 0 Å². The van der Waals surface area contributed by atoms with Crippen molar-refractivity contribution in [3.8, 4) is 28.5 Å². The first kappa shape index (κ1) is 15.6. The topological polar surface area (TPSA) is 105 Å². The number of nitrogens with two attached hydrogens (primary N) is 1. The number of amidine groups is 1. The summed E-state index contributed by atoms with van der Waals surface area (Å²) in [6.45, 7) is 0.256. The monoisotopic (exact) mass is 361 g/mol. The molecule has 0 amide bonds. The van der Waals surface area contributed by atoms with E-state index in [2.05, 4.69) is 19.9 Å². The Hall–Kier alpha value is -3.68. The molecule has 2 aromatic heterocycles. The third-order valence-corrected chi connectivity index (χ3v) is 4.76. The normalized spacial score (nSPS) is 19.5. The van der Waals surface area contributed by atoms with Crippen LogP contribution in [0, 0.1) is 0 Å². The Labute approximate surface area is 154 Å². The number of aromatic nitrogens is 3.